The molecule has 0 spiro atoms. The third kappa shape index (κ3) is 2.88. The maximum absolute atomic E-state index is 17.3. The summed E-state index contributed by atoms with van der Waals surface area (Å²) < 4.78 is 43.7. The molecule has 0 aliphatic heterocycles. The summed E-state index contributed by atoms with van der Waals surface area (Å²) in [6, 6.07) is 1.40. The number of aliphatic hydroxyl groups is 1. The Bertz CT molecular complexity index is 1160. The van der Waals surface area contributed by atoms with Crippen molar-refractivity contribution in [2.45, 2.75) is 63.6 Å². The monoisotopic (exact) mass is 506 g/mol. The van der Waals surface area contributed by atoms with Crippen LogP contribution in [0.15, 0.2) is 46.8 Å². The van der Waals surface area contributed by atoms with E-state index < -0.39 is 69.0 Å². The van der Waals surface area contributed by atoms with Gasteiger partial charge < -0.3 is 14.3 Å². The average Bonchev–Trinajstić information content (AvgIpc) is 3.39. The van der Waals surface area contributed by atoms with Crippen molar-refractivity contribution in [3.8, 4) is 0 Å². The van der Waals surface area contributed by atoms with Crippen molar-refractivity contribution >= 4 is 29.5 Å². The van der Waals surface area contributed by atoms with E-state index in [-0.39, 0.29) is 30.4 Å². The standard InChI is InChI=1S/C26H28F2O6S/c1-13-8-16-17-10-19(27)18-9-15(29)4-6-23(18,2)25(17,28)20(30)11-24(16,3)26(13,22(32)35)34-21(31)14-5-7-33-12-14/h4-7,9,12-13,16-17,19-20,30H,8,10-11H2,1-3H3,(H,32,35)/t13?,16-,17-,19?,20?,23-,24-,25?,26?/m0/s1. The van der Waals surface area contributed by atoms with Gasteiger partial charge in [0.25, 0.3) is 0 Å². The van der Waals surface area contributed by atoms with Crippen molar-refractivity contribution in [3.05, 3.63) is 48.0 Å². The van der Waals surface area contributed by atoms with Gasteiger partial charge in [0.2, 0.25) is 5.12 Å². The highest BCUT2D eigenvalue weighted by Gasteiger charge is 2.78. The van der Waals surface area contributed by atoms with Crippen LogP contribution in [-0.2, 0) is 14.3 Å². The number of thiol groups is 1. The quantitative estimate of drug-likeness (QED) is 0.472. The van der Waals surface area contributed by atoms with Gasteiger partial charge in [0, 0.05) is 22.7 Å². The molecule has 1 heterocycles. The molecule has 0 radical (unpaired) electrons. The Hall–Kier alpha value is -2.26. The summed E-state index contributed by atoms with van der Waals surface area (Å²) in [7, 11) is 0. The number of carbonyl (C=O) groups excluding carboxylic acids is 3. The molecule has 188 valence electrons. The summed E-state index contributed by atoms with van der Waals surface area (Å²) in [5, 5.41) is 10.7. The lowest BCUT2D eigenvalue weighted by molar-refractivity contribution is -0.221. The fourth-order valence-electron chi connectivity index (χ4n) is 7.83. The molecular weight excluding hydrogens is 478 g/mol. The van der Waals surface area contributed by atoms with Crippen molar-refractivity contribution in [1.29, 1.82) is 0 Å². The number of aliphatic hydroxyl groups excluding tert-OH is 1. The van der Waals surface area contributed by atoms with Gasteiger partial charge in [-0.1, -0.05) is 19.9 Å². The van der Waals surface area contributed by atoms with Gasteiger partial charge in [0.15, 0.2) is 17.1 Å². The number of fused-ring (bicyclic) bond motifs is 5. The fourth-order valence-corrected chi connectivity index (χ4v) is 8.35. The maximum Gasteiger partial charge on any atom is 0.342 e. The zero-order valence-electron chi connectivity index (χ0n) is 19.7. The minimum absolute atomic E-state index is 0.0281. The highest BCUT2D eigenvalue weighted by molar-refractivity contribution is 7.96. The van der Waals surface area contributed by atoms with E-state index >= 15 is 8.78 Å². The number of esters is 1. The number of hydrogen-bond donors (Lipinski definition) is 2. The zero-order chi connectivity index (χ0) is 25.6. The van der Waals surface area contributed by atoms with E-state index in [0.717, 1.165) is 6.08 Å². The largest absolute Gasteiger partial charge is 0.472 e. The van der Waals surface area contributed by atoms with Gasteiger partial charge in [-0.3, -0.25) is 9.59 Å². The fraction of sp³-hybridized carbons (Fsp3) is 0.577. The molecule has 9 heteroatoms. The van der Waals surface area contributed by atoms with E-state index in [1.165, 1.54) is 37.7 Å². The van der Waals surface area contributed by atoms with Crippen molar-refractivity contribution in [1.82, 2.24) is 0 Å². The van der Waals surface area contributed by atoms with Crippen LogP contribution in [0.4, 0.5) is 8.78 Å². The minimum atomic E-state index is -2.28. The molecular formula is C26H28F2O6S. The van der Waals surface area contributed by atoms with Crippen LogP contribution < -0.4 is 0 Å². The van der Waals surface area contributed by atoms with Crippen molar-refractivity contribution in [2.75, 3.05) is 0 Å². The third-order valence-corrected chi connectivity index (χ3v) is 9.83. The van der Waals surface area contributed by atoms with Crippen molar-refractivity contribution in [2.24, 2.45) is 28.6 Å². The van der Waals surface area contributed by atoms with E-state index in [9.17, 15) is 19.5 Å². The van der Waals surface area contributed by atoms with Gasteiger partial charge in [-0.15, -0.1) is 12.6 Å². The van der Waals surface area contributed by atoms with Crippen LogP contribution >= 0.6 is 12.6 Å². The lowest BCUT2D eigenvalue weighted by Crippen LogP contribution is -2.70. The number of halogens is 2. The predicted octanol–water partition coefficient (Wildman–Crippen LogP) is 4.20. The van der Waals surface area contributed by atoms with E-state index in [0.29, 0.717) is 0 Å². The molecule has 1 aromatic rings. The average molecular weight is 507 g/mol. The van der Waals surface area contributed by atoms with E-state index in [1.54, 1.807) is 13.8 Å². The second kappa shape index (κ2) is 7.62. The molecule has 4 aliphatic rings. The van der Waals surface area contributed by atoms with Gasteiger partial charge in [-0.05, 0) is 55.9 Å². The van der Waals surface area contributed by atoms with Gasteiger partial charge >= 0.3 is 5.97 Å². The van der Waals surface area contributed by atoms with Crippen LogP contribution in [0.5, 0.6) is 0 Å². The SMILES string of the molecule is CC1C[C@H]2[C@@H]3CC(F)C4=CC(=O)C=C[C@]4(C)C3(F)C(O)C[C@]2(C)C1(OC(=O)c1ccoc1)C(=O)S. The predicted molar refractivity (Wildman–Crippen MR) is 124 cm³/mol. The summed E-state index contributed by atoms with van der Waals surface area (Å²) in [6.45, 7) is 4.94. The Morgan fingerprint density at radius 2 is 1.97 bits per heavy atom. The third-order valence-electron chi connectivity index (χ3n) is 9.50. The highest BCUT2D eigenvalue weighted by atomic mass is 32.1. The van der Waals surface area contributed by atoms with Crippen molar-refractivity contribution in [3.63, 3.8) is 0 Å². The Labute approximate surface area is 207 Å². The molecule has 5 unspecified atom stereocenters. The first-order valence-electron chi connectivity index (χ1n) is 11.8. The smallest absolute Gasteiger partial charge is 0.342 e. The number of ether oxygens (including phenoxy) is 1. The summed E-state index contributed by atoms with van der Waals surface area (Å²) in [4.78, 5) is 38.1. The van der Waals surface area contributed by atoms with Crippen molar-refractivity contribution < 1.29 is 37.4 Å². The molecule has 5 rings (SSSR count). The summed E-state index contributed by atoms with van der Waals surface area (Å²) in [5.41, 5.74) is -6.66. The Balaban J connectivity index is 1.62. The molecule has 1 N–H and O–H groups in total. The van der Waals surface area contributed by atoms with Crippen LogP contribution in [0.1, 0.15) is 50.4 Å². The number of carbonyl (C=O) groups is 3. The Kier molecular flexibility index (Phi) is 5.32. The van der Waals surface area contributed by atoms with Gasteiger partial charge in [-0.25, -0.2) is 13.6 Å². The number of hydrogen-bond acceptors (Lipinski definition) is 6. The number of allylic oxidation sites excluding steroid dienone is 4. The molecule has 1 aromatic heterocycles. The van der Waals surface area contributed by atoms with E-state index in [4.69, 9.17) is 9.15 Å². The maximum atomic E-state index is 17.3. The number of alkyl halides is 2. The van der Waals surface area contributed by atoms with Gasteiger partial charge in [0.05, 0.1) is 17.9 Å². The Morgan fingerprint density at radius 3 is 2.60 bits per heavy atom. The molecule has 4 aliphatic carbocycles. The number of rotatable bonds is 3. The summed E-state index contributed by atoms with van der Waals surface area (Å²) >= 11 is 4.12. The summed E-state index contributed by atoms with van der Waals surface area (Å²) in [6.07, 6.45) is 2.81. The first kappa shape index (κ1) is 24.4. The van der Waals surface area contributed by atoms with Gasteiger partial charge in [-0.2, -0.15) is 0 Å². The molecule has 0 saturated heterocycles. The topological polar surface area (TPSA) is 93.8 Å². The first-order chi connectivity index (χ1) is 16.3. The highest BCUT2D eigenvalue weighted by Crippen LogP contribution is 2.71. The molecule has 3 saturated carbocycles. The molecule has 0 amide bonds. The number of furan rings is 1. The number of ketones is 1. The lowest BCUT2D eigenvalue weighted by atomic mass is 9.44. The molecule has 0 aromatic carbocycles. The first-order valence-corrected chi connectivity index (χ1v) is 12.2. The second-order valence-corrected chi connectivity index (χ2v) is 11.3. The van der Waals surface area contributed by atoms with Gasteiger partial charge in [0.1, 0.15) is 12.4 Å². The molecule has 0 bridgehead atoms. The van der Waals surface area contributed by atoms with E-state index in [1.807, 2.05) is 0 Å². The van der Waals surface area contributed by atoms with E-state index in [2.05, 4.69) is 12.6 Å². The van der Waals surface area contributed by atoms with Crippen LogP contribution in [0.25, 0.3) is 0 Å². The molecule has 35 heavy (non-hydrogen) atoms. The normalized spacial score (nSPS) is 46.3. The van der Waals surface area contributed by atoms with Crippen LogP contribution in [0.3, 0.4) is 0 Å². The second-order valence-electron chi connectivity index (χ2n) is 10.9. The van der Waals surface area contributed by atoms with Crippen LogP contribution in [0.2, 0.25) is 0 Å². The minimum Gasteiger partial charge on any atom is -0.472 e. The molecule has 6 nitrogen and oxygen atoms in total. The Morgan fingerprint density at radius 1 is 1.26 bits per heavy atom. The zero-order valence-corrected chi connectivity index (χ0v) is 20.6. The van der Waals surface area contributed by atoms with Crippen LogP contribution in [0, 0.1) is 28.6 Å². The summed E-state index contributed by atoms with van der Waals surface area (Å²) in [5.74, 6) is -3.37. The molecule has 3 fully saturated rings. The molecule has 9 atom stereocenters. The van der Waals surface area contributed by atoms with Crippen LogP contribution in [-0.4, -0.2) is 45.5 Å². The lowest BCUT2D eigenvalue weighted by Gasteiger charge is -2.63.